The van der Waals surface area contributed by atoms with E-state index >= 15 is 0 Å². The number of hydrogen-bond acceptors (Lipinski definition) is 6. The minimum Gasteiger partial charge on any atom is -0.507 e. The van der Waals surface area contributed by atoms with E-state index in [-0.39, 0.29) is 30.7 Å². The van der Waals surface area contributed by atoms with Crippen molar-refractivity contribution in [2.24, 2.45) is 0 Å². The first-order valence-corrected chi connectivity index (χ1v) is 8.79. The van der Waals surface area contributed by atoms with Gasteiger partial charge in [-0.05, 0) is 44.6 Å². The number of allylic oxidation sites excluding steroid dienone is 3. The van der Waals surface area contributed by atoms with Crippen LogP contribution in [-0.2, 0) is 11.2 Å². The van der Waals surface area contributed by atoms with E-state index in [1.807, 2.05) is 19.9 Å². The van der Waals surface area contributed by atoms with Crippen LogP contribution < -0.4 is 9.47 Å². The molecule has 0 spiro atoms. The number of ketones is 1. The third kappa shape index (κ3) is 6.62. The van der Waals surface area contributed by atoms with Crippen molar-refractivity contribution in [3.05, 3.63) is 65.0 Å². The molecule has 1 N–H and O–H groups in total. The number of halogens is 1. The van der Waals surface area contributed by atoms with E-state index in [1.165, 1.54) is 26.4 Å². The van der Waals surface area contributed by atoms with E-state index in [2.05, 4.69) is 4.98 Å². The number of nitrogens with zero attached hydrogens (tertiary/aromatic N) is 1. The Labute approximate surface area is 177 Å². The molecule has 0 saturated carbocycles. The molecular weight excluding hydrogens is 394 g/mol. The Hall–Kier alpha value is -2.83. The molecule has 0 aliphatic carbocycles. The highest BCUT2D eigenvalue weighted by molar-refractivity contribution is 6.05. The lowest BCUT2D eigenvalue weighted by Gasteiger charge is -2.16. The highest BCUT2D eigenvalue weighted by atomic mass is 35.5. The Bertz CT molecular complexity index is 875. The molecule has 0 atom stereocenters. The minimum atomic E-state index is -0.271. The number of hydrogen-bond donors (Lipinski definition) is 1. The van der Waals surface area contributed by atoms with Gasteiger partial charge in [-0.2, -0.15) is 0 Å². The Morgan fingerprint density at radius 1 is 1.21 bits per heavy atom. The quantitative estimate of drug-likeness (QED) is 0.277. The van der Waals surface area contributed by atoms with Crippen molar-refractivity contribution in [2.75, 3.05) is 21.0 Å². The zero-order valence-electron chi connectivity index (χ0n) is 17.0. The number of phenols is 1. The second kappa shape index (κ2) is 11.9. The summed E-state index contributed by atoms with van der Waals surface area (Å²) in [6.45, 7) is 3.99. The van der Waals surface area contributed by atoms with Gasteiger partial charge in [0.1, 0.15) is 22.9 Å². The second-order valence-electron chi connectivity index (χ2n) is 6.27. The second-order valence-corrected chi connectivity index (χ2v) is 6.27. The molecule has 1 heterocycles. The van der Waals surface area contributed by atoms with Crippen LogP contribution in [0.5, 0.6) is 17.2 Å². The lowest BCUT2D eigenvalue weighted by Crippen LogP contribution is -2.04. The van der Waals surface area contributed by atoms with Crippen LogP contribution in [0.3, 0.4) is 0 Å². The molecular formula is C22H26ClNO5. The number of ether oxygens (including phenoxy) is 3. The van der Waals surface area contributed by atoms with Crippen LogP contribution in [0, 0.1) is 0 Å². The van der Waals surface area contributed by atoms with Crippen LogP contribution >= 0.6 is 12.4 Å². The Morgan fingerprint density at radius 3 is 2.55 bits per heavy atom. The number of pyridine rings is 1. The van der Waals surface area contributed by atoms with Gasteiger partial charge in [-0.25, -0.2) is 0 Å². The summed E-state index contributed by atoms with van der Waals surface area (Å²) >= 11 is 0. The molecule has 2 rings (SSSR count). The summed E-state index contributed by atoms with van der Waals surface area (Å²) in [6, 6.07) is 6.79. The molecule has 0 saturated heterocycles. The van der Waals surface area contributed by atoms with Crippen LogP contribution in [0.15, 0.2) is 48.2 Å². The van der Waals surface area contributed by atoms with Gasteiger partial charge in [0.05, 0.1) is 12.7 Å². The maximum Gasteiger partial charge on any atom is 0.204 e. The lowest BCUT2D eigenvalue weighted by atomic mass is 10.0. The molecule has 0 aliphatic rings. The summed E-state index contributed by atoms with van der Waals surface area (Å²) in [4.78, 5) is 16.3. The Morgan fingerprint density at radius 2 is 1.97 bits per heavy atom. The largest absolute Gasteiger partial charge is 0.507 e. The molecule has 156 valence electrons. The zero-order valence-corrected chi connectivity index (χ0v) is 17.8. The fraction of sp³-hybridized carbons (Fsp3) is 0.273. The van der Waals surface area contributed by atoms with Gasteiger partial charge in [-0.3, -0.25) is 9.78 Å². The fourth-order valence-electron chi connectivity index (χ4n) is 2.52. The SMILES string of the molecule is COCOc1cc(OC)c(C=CC(=O)c2ccccn2)c(O)c1CC=C(C)C.Cl. The van der Waals surface area contributed by atoms with Crippen LogP contribution in [0.1, 0.15) is 35.5 Å². The van der Waals surface area contributed by atoms with Gasteiger partial charge in [-0.15, -0.1) is 12.4 Å². The van der Waals surface area contributed by atoms with Crippen molar-refractivity contribution in [1.29, 1.82) is 0 Å². The smallest absolute Gasteiger partial charge is 0.204 e. The molecule has 0 bridgehead atoms. The Kier molecular flexibility index (Phi) is 9.92. The first-order chi connectivity index (χ1) is 13.5. The van der Waals surface area contributed by atoms with Gasteiger partial charge in [0.25, 0.3) is 0 Å². The molecule has 0 amide bonds. The lowest BCUT2D eigenvalue weighted by molar-refractivity contribution is 0.0502. The molecule has 6 nitrogen and oxygen atoms in total. The van der Waals surface area contributed by atoms with Crippen molar-refractivity contribution in [3.63, 3.8) is 0 Å². The molecule has 0 fully saturated rings. The maximum atomic E-state index is 12.3. The molecule has 7 heteroatoms. The standard InChI is InChI=1S/C22H25NO5.ClH/c1-15(2)8-9-17-21(28-14-26-3)13-20(27-4)16(22(17)25)10-11-19(24)18-7-5-6-12-23-18;/h5-8,10-13,25H,9,14H2,1-4H3;1H. The zero-order chi connectivity index (χ0) is 20.5. The average molecular weight is 420 g/mol. The fourth-order valence-corrected chi connectivity index (χ4v) is 2.52. The van der Waals surface area contributed by atoms with Crippen molar-refractivity contribution < 1.29 is 24.1 Å². The first-order valence-electron chi connectivity index (χ1n) is 8.79. The number of benzene rings is 1. The van der Waals surface area contributed by atoms with E-state index in [4.69, 9.17) is 14.2 Å². The van der Waals surface area contributed by atoms with Crippen LogP contribution in [-0.4, -0.2) is 36.9 Å². The van der Waals surface area contributed by atoms with E-state index in [1.54, 1.807) is 30.5 Å². The number of methoxy groups -OCH3 is 2. The van der Waals surface area contributed by atoms with Crippen molar-refractivity contribution >= 4 is 24.3 Å². The molecule has 29 heavy (non-hydrogen) atoms. The van der Waals surface area contributed by atoms with E-state index in [0.29, 0.717) is 34.7 Å². The van der Waals surface area contributed by atoms with Gasteiger partial charge in [0, 0.05) is 24.9 Å². The summed E-state index contributed by atoms with van der Waals surface area (Å²) in [5.74, 6) is 0.567. The van der Waals surface area contributed by atoms with E-state index in [0.717, 1.165) is 5.57 Å². The van der Waals surface area contributed by atoms with E-state index in [9.17, 15) is 9.90 Å². The third-order valence-electron chi connectivity index (χ3n) is 3.95. The summed E-state index contributed by atoms with van der Waals surface area (Å²) in [7, 11) is 3.01. The Balaban J connectivity index is 0.00000420. The number of carbonyl (C=O) groups is 1. The number of phenolic OH excluding ortho intramolecular Hbond substituents is 1. The summed E-state index contributed by atoms with van der Waals surface area (Å²) in [6.07, 6.45) is 6.89. The predicted molar refractivity (Wildman–Crippen MR) is 115 cm³/mol. The normalized spacial score (nSPS) is 10.3. The third-order valence-corrected chi connectivity index (χ3v) is 3.95. The van der Waals surface area contributed by atoms with Gasteiger partial charge >= 0.3 is 0 Å². The number of aromatic hydroxyl groups is 1. The van der Waals surface area contributed by atoms with Crippen molar-refractivity contribution in [2.45, 2.75) is 20.3 Å². The van der Waals surface area contributed by atoms with Gasteiger partial charge in [-0.1, -0.05) is 17.7 Å². The monoisotopic (exact) mass is 419 g/mol. The van der Waals surface area contributed by atoms with Crippen molar-refractivity contribution in [3.8, 4) is 17.2 Å². The number of aromatic nitrogens is 1. The first kappa shape index (κ1) is 24.2. The molecule has 1 aromatic heterocycles. The molecule has 1 aromatic carbocycles. The summed E-state index contributed by atoms with van der Waals surface area (Å²) in [5, 5.41) is 10.9. The minimum absolute atomic E-state index is 0. The maximum absolute atomic E-state index is 12.3. The van der Waals surface area contributed by atoms with Crippen LogP contribution in [0.4, 0.5) is 0 Å². The highest BCUT2D eigenvalue weighted by Crippen LogP contribution is 2.40. The predicted octanol–water partition coefficient (Wildman–Crippen LogP) is 4.61. The molecule has 0 aliphatic heterocycles. The van der Waals surface area contributed by atoms with Gasteiger partial charge < -0.3 is 19.3 Å². The van der Waals surface area contributed by atoms with Crippen molar-refractivity contribution in [1.82, 2.24) is 4.98 Å². The molecule has 0 unspecified atom stereocenters. The number of rotatable bonds is 9. The summed E-state index contributed by atoms with van der Waals surface area (Å²) < 4.78 is 16.0. The van der Waals surface area contributed by atoms with Gasteiger partial charge in [0.15, 0.2) is 6.79 Å². The molecule has 2 aromatic rings. The summed E-state index contributed by atoms with van der Waals surface area (Å²) in [5.41, 5.74) is 2.41. The van der Waals surface area contributed by atoms with E-state index < -0.39 is 0 Å². The molecule has 0 radical (unpaired) electrons. The van der Waals surface area contributed by atoms with Crippen LogP contribution in [0.25, 0.3) is 6.08 Å². The number of carbonyl (C=O) groups excluding carboxylic acids is 1. The van der Waals surface area contributed by atoms with Crippen LogP contribution in [0.2, 0.25) is 0 Å². The topological polar surface area (TPSA) is 77.9 Å². The average Bonchev–Trinajstić information content (AvgIpc) is 2.70. The highest BCUT2D eigenvalue weighted by Gasteiger charge is 2.18. The van der Waals surface area contributed by atoms with Gasteiger partial charge in [0.2, 0.25) is 5.78 Å².